The highest BCUT2D eigenvalue weighted by Crippen LogP contribution is 2.27. The normalized spacial score (nSPS) is 14.5. The van der Waals surface area contributed by atoms with Crippen molar-refractivity contribution in [2.75, 3.05) is 6.61 Å². The number of ether oxygens (including phenoxy) is 1. The van der Waals surface area contributed by atoms with Gasteiger partial charge in [0.1, 0.15) is 17.4 Å². The van der Waals surface area contributed by atoms with Crippen LogP contribution in [0.2, 0.25) is 0 Å². The Bertz CT molecular complexity index is 486. The molecule has 4 nitrogen and oxygen atoms in total. The molecule has 0 aliphatic carbocycles. The van der Waals surface area contributed by atoms with Crippen molar-refractivity contribution in [3.8, 4) is 5.75 Å². The van der Waals surface area contributed by atoms with E-state index in [1.807, 2.05) is 18.2 Å². The van der Waals surface area contributed by atoms with Crippen LogP contribution in [0.4, 0.5) is 0 Å². The highest BCUT2D eigenvalue weighted by atomic mass is 16.5. The van der Waals surface area contributed by atoms with Crippen LogP contribution in [0.3, 0.4) is 0 Å². The van der Waals surface area contributed by atoms with Gasteiger partial charge in [-0.2, -0.15) is 0 Å². The summed E-state index contributed by atoms with van der Waals surface area (Å²) >= 11 is 0. The number of nitrogens with one attached hydrogen (secondary N) is 3. The number of rotatable bonds is 2. The van der Waals surface area contributed by atoms with E-state index in [1.54, 1.807) is 0 Å². The Hall–Kier alpha value is -1.84. The minimum Gasteiger partial charge on any atom is -0.492 e. The highest BCUT2D eigenvalue weighted by Gasteiger charge is 2.25. The molecule has 0 saturated carbocycles. The molecule has 0 amide bonds. The SMILES string of the molecule is CC(C)(C)COc1cccc2c1C(=N)NC2=N. The molecule has 0 saturated heterocycles. The summed E-state index contributed by atoms with van der Waals surface area (Å²) in [6.45, 7) is 6.88. The van der Waals surface area contributed by atoms with Gasteiger partial charge in [-0.25, -0.2) is 0 Å². The molecule has 0 radical (unpaired) electrons. The predicted octanol–water partition coefficient (Wildman–Crippen LogP) is 2.37. The summed E-state index contributed by atoms with van der Waals surface area (Å²) in [6.07, 6.45) is 0. The second-order valence-electron chi connectivity index (χ2n) is 5.40. The van der Waals surface area contributed by atoms with Crippen molar-refractivity contribution in [3.05, 3.63) is 29.3 Å². The Morgan fingerprint density at radius 3 is 2.53 bits per heavy atom. The van der Waals surface area contributed by atoms with Gasteiger partial charge in [-0.15, -0.1) is 0 Å². The van der Waals surface area contributed by atoms with Gasteiger partial charge >= 0.3 is 0 Å². The van der Waals surface area contributed by atoms with E-state index in [1.165, 1.54) is 0 Å². The zero-order valence-electron chi connectivity index (χ0n) is 10.3. The minimum atomic E-state index is 0.0739. The first-order valence-corrected chi connectivity index (χ1v) is 5.59. The molecule has 1 heterocycles. The van der Waals surface area contributed by atoms with Gasteiger partial charge in [0.2, 0.25) is 0 Å². The fourth-order valence-electron chi connectivity index (χ4n) is 1.67. The first-order valence-electron chi connectivity index (χ1n) is 5.59. The highest BCUT2D eigenvalue weighted by molar-refractivity contribution is 6.24. The van der Waals surface area contributed by atoms with Crippen LogP contribution in [0.15, 0.2) is 18.2 Å². The lowest BCUT2D eigenvalue weighted by atomic mass is 9.98. The Kier molecular flexibility index (Phi) is 2.65. The van der Waals surface area contributed by atoms with Gasteiger partial charge in [0, 0.05) is 5.56 Å². The lowest BCUT2D eigenvalue weighted by Gasteiger charge is -2.19. The molecular formula is C13H17N3O. The fraction of sp³-hybridized carbons (Fsp3) is 0.385. The molecular weight excluding hydrogens is 214 g/mol. The van der Waals surface area contributed by atoms with Crippen LogP contribution < -0.4 is 10.1 Å². The second-order valence-corrected chi connectivity index (χ2v) is 5.40. The second kappa shape index (κ2) is 3.87. The average molecular weight is 231 g/mol. The van der Waals surface area contributed by atoms with E-state index in [2.05, 4.69) is 26.1 Å². The van der Waals surface area contributed by atoms with E-state index in [4.69, 9.17) is 15.6 Å². The smallest absolute Gasteiger partial charge is 0.135 e. The van der Waals surface area contributed by atoms with Crippen molar-refractivity contribution >= 4 is 11.7 Å². The third kappa shape index (κ3) is 2.30. The summed E-state index contributed by atoms with van der Waals surface area (Å²) in [5.41, 5.74) is 1.51. The third-order valence-electron chi connectivity index (χ3n) is 2.46. The minimum absolute atomic E-state index is 0.0739. The summed E-state index contributed by atoms with van der Waals surface area (Å²) in [4.78, 5) is 0. The number of hydrogen-bond acceptors (Lipinski definition) is 3. The Morgan fingerprint density at radius 2 is 1.88 bits per heavy atom. The van der Waals surface area contributed by atoms with Crippen LogP contribution in [0.1, 0.15) is 31.9 Å². The summed E-state index contributed by atoms with van der Waals surface area (Å²) in [5.74, 6) is 1.19. The predicted molar refractivity (Wildman–Crippen MR) is 68.2 cm³/mol. The van der Waals surface area contributed by atoms with Crippen molar-refractivity contribution in [1.82, 2.24) is 5.32 Å². The van der Waals surface area contributed by atoms with Crippen LogP contribution in [0, 0.1) is 16.2 Å². The standard InChI is InChI=1S/C13H17N3O/c1-13(2,3)7-17-9-6-4-5-8-10(9)12(15)16-11(8)14/h4-6H,7H2,1-3H3,(H3,14,15,16). The molecule has 1 aliphatic rings. The third-order valence-corrected chi connectivity index (χ3v) is 2.46. The molecule has 1 aromatic carbocycles. The molecule has 4 heteroatoms. The molecule has 90 valence electrons. The maximum atomic E-state index is 7.80. The largest absolute Gasteiger partial charge is 0.492 e. The van der Waals surface area contributed by atoms with E-state index >= 15 is 0 Å². The van der Waals surface area contributed by atoms with Gasteiger partial charge in [-0.3, -0.25) is 10.8 Å². The quantitative estimate of drug-likeness (QED) is 0.731. The van der Waals surface area contributed by atoms with E-state index in [9.17, 15) is 0 Å². The molecule has 0 unspecified atom stereocenters. The van der Waals surface area contributed by atoms with Gasteiger partial charge in [0.25, 0.3) is 0 Å². The first-order chi connectivity index (χ1) is 7.88. The van der Waals surface area contributed by atoms with Crippen molar-refractivity contribution in [2.45, 2.75) is 20.8 Å². The molecule has 2 rings (SSSR count). The van der Waals surface area contributed by atoms with Gasteiger partial charge < -0.3 is 10.1 Å². The molecule has 0 spiro atoms. The topological polar surface area (TPSA) is 69.0 Å². The Morgan fingerprint density at radius 1 is 1.18 bits per heavy atom. The average Bonchev–Trinajstić information content (AvgIpc) is 2.52. The van der Waals surface area contributed by atoms with Crippen LogP contribution in [-0.4, -0.2) is 18.3 Å². The lowest BCUT2D eigenvalue weighted by molar-refractivity contribution is 0.197. The van der Waals surface area contributed by atoms with E-state index in [0.29, 0.717) is 17.9 Å². The van der Waals surface area contributed by atoms with Crippen LogP contribution >= 0.6 is 0 Å². The van der Waals surface area contributed by atoms with Crippen LogP contribution in [-0.2, 0) is 0 Å². The summed E-state index contributed by atoms with van der Waals surface area (Å²) < 4.78 is 5.75. The number of hydrogen-bond donors (Lipinski definition) is 3. The van der Waals surface area contributed by atoms with E-state index in [-0.39, 0.29) is 17.1 Å². The number of benzene rings is 1. The molecule has 0 aromatic heterocycles. The molecule has 1 aromatic rings. The van der Waals surface area contributed by atoms with Crippen molar-refractivity contribution in [1.29, 1.82) is 10.8 Å². The zero-order valence-corrected chi connectivity index (χ0v) is 10.3. The van der Waals surface area contributed by atoms with Crippen LogP contribution in [0.5, 0.6) is 5.75 Å². The summed E-state index contributed by atoms with van der Waals surface area (Å²) in [6, 6.07) is 5.53. The van der Waals surface area contributed by atoms with Crippen molar-refractivity contribution in [3.63, 3.8) is 0 Å². The first kappa shape index (κ1) is 11.6. The summed E-state index contributed by atoms with van der Waals surface area (Å²) in [5, 5.41) is 18.2. The Labute approximate surface area is 101 Å². The van der Waals surface area contributed by atoms with E-state index < -0.39 is 0 Å². The fourth-order valence-corrected chi connectivity index (χ4v) is 1.67. The Balaban J connectivity index is 2.31. The zero-order chi connectivity index (χ0) is 12.6. The van der Waals surface area contributed by atoms with Gasteiger partial charge in [0.15, 0.2) is 0 Å². The van der Waals surface area contributed by atoms with E-state index in [0.717, 1.165) is 5.56 Å². The number of amidine groups is 2. The van der Waals surface area contributed by atoms with Gasteiger partial charge in [-0.1, -0.05) is 32.9 Å². The molecule has 17 heavy (non-hydrogen) atoms. The molecule has 0 fully saturated rings. The summed E-state index contributed by atoms with van der Waals surface area (Å²) in [7, 11) is 0. The maximum Gasteiger partial charge on any atom is 0.135 e. The molecule has 0 atom stereocenters. The lowest BCUT2D eigenvalue weighted by Crippen LogP contribution is -2.21. The number of fused-ring (bicyclic) bond motifs is 1. The molecule has 3 N–H and O–H groups in total. The maximum absolute atomic E-state index is 7.80. The van der Waals surface area contributed by atoms with Gasteiger partial charge in [0.05, 0.1) is 12.2 Å². The van der Waals surface area contributed by atoms with Crippen molar-refractivity contribution in [2.24, 2.45) is 5.41 Å². The molecule has 0 bridgehead atoms. The van der Waals surface area contributed by atoms with Gasteiger partial charge in [-0.05, 0) is 11.5 Å². The van der Waals surface area contributed by atoms with Crippen molar-refractivity contribution < 1.29 is 4.74 Å². The monoisotopic (exact) mass is 231 g/mol. The molecule has 1 aliphatic heterocycles. The van der Waals surface area contributed by atoms with Crippen LogP contribution in [0.25, 0.3) is 0 Å².